The molecule has 3 rings (SSSR count). The van der Waals surface area contributed by atoms with Crippen molar-refractivity contribution < 1.29 is 4.79 Å². The molecule has 1 aliphatic rings. The lowest BCUT2D eigenvalue weighted by Crippen LogP contribution is -2.38. The molecule has 7 heteroatoms. The molecule has 0 saturated carbocycles. The maximum absolute atomic E-state index is 12.6. The van der Waals surface area contributed by atoms with Gasteiger partial charge in [0.2, 0.25) is 0 Å². The first-order valence-corrected chi connectivity index (χ1v) is 9.47. The van der Waals surface area contributed by atoms with Gasteiger partial charge in [-0.05, 0) is 37.7 Å². The van der Waals surface area contributed by atoms with Crippen LogP contribution >= 0.6 is 11.8 Å². The zero-order valence-corrected chi connectivity index (χ0v) is 15.0. The van der Waals surface area contributed by atoms with Crippen LogP contribution in [0.2, 0.25) is 0 Å². The first-order chi connectivity index (χ1) is 11.7. The first-order valence-electron chi connectivity index (χ1n) is 8.48. The quantitative estimate of drug-likeness (QED) is 0.780. The predicted molar refractivity (Wildman–Crippen MR) is 94.2 cm³/mol. The van der Waals surface area contributed by atoms with Gasteiger partial charge in [-0.2, -0.15) is 0 Å². The molecule has 0 aliphatic carbocycles. The lowest BCUT2D eigenvalue weighted by Gasteiger charge is -2.31. The summed E-state index contributed by atoms with van der Waals surface area (Å²) in [6.45, 7) is 6.58. The highest BCUT2D eigenvalue weighted by molar-refractivity contribution is 7.99. The summed E-state index contributed by atoms with van der Waals surface area (Å²) >= 11 is 1.68. The van der Waals surface area contributed by atoms with E-state index in [2.05, 4.69) is 33.6 Å². The molecule has 2 aromatic rings. The molecule has 0 spiro atoms. The molecule has 0 unspecified atom stereocenters. The molecule has 0 aromatic carbocycles. The molecule has 1 amide bonds. The number of rotatable bonds is 5. The minimum atomic E-state index is 0.0750. The topological polar surface area (TPSA) is 63.9 Å². The number of aryl methyl sites for hydroxylation is 1. The lowest BCUT2D eigenvalue weighted by molar-refractivity contribution is 0.0709. The zero-order chi connectivity index (χ0) is 16.9. The summed E-state index contributed by atoms with van der Waals surface area (Å²) < 4.78 is 2.09. The van der Waals surface area contributed by atoms with Gasteiger partial charge in [0.15, 0.2) is 0 Å². The normalized spacial score (nSPS) is 15.7. The van der Waals surface area contributed by atoms with E-state index < -0.39 is 0 Å². The van der Waals surface area contributed by atoms with Gasteiger partial charge in [-0.1, -0.05) is 6.92 Å². The number of piperidine rings is 1. The minimum Gasteiger partial charge on any atom is -0.339 e. The number of pyridine rings is 1. The molecule has 0 atom stereocenters. The Morgan fingerprint density at radius 2 is 2.08 bits per heavy atom. The number of carbonyl (C=O) groups is 1. The average molecular weight is 345 g/mol. The van der Waals surface area contributed by atoms with Gasteiger partial charge in [-0.15, -0.1) is 22.0 Å². The molecule has 3 heterocycles. The van der Waals surface area contributed by atoms with Gasteiger partial charge in [0.1, 0.15) is 12.2 Å². The largest absolute Gasteiger partial charge is 0.339 e. The molecular weight excluding hydrogens is 322 g/mol. The number of hydrogen-bond donors (Lipinski definition) is 0. The van der Waals surface area contributed by atoms with E-state index in [1.54, 1.807) is 24.3 Å². The van der Waals surface area contributed by atoms with E-state index in [9.17, 15) is 4.79 Å². The van der Waals surface area contributed by atoms with Gasteiger partial charge in [-0.25, -0.2) is 4.98 Å². The number of hydrogen-bond acceptors (Lipinski definition) is 5. The summed E-state index contributed by atoms with van der Waals surface area (Å²) in [5.74, 6) is 2.49. The Bertz CT molecular complexity index is 677. The maximum Gasteiger partial charge on any atom is 0.255 e. The molecule has 6 nitrogen and oxygen atoms in total. The van der Waals surface area contributed by atoms with E-state index in [4.69, 9.17) is 0 Å². The van der Waals surface area contributed by atoms with E-state index in [0.29, 0.717) is 11.5 Å². The number of aromatic nitrogens is 4. The third-order valence-corrected chi connectivity index (χ3v) is 5.23. The van der Waals surface area contributed by atoms with Crippen LogP contribution < -0.4 is 0 Å². The molecule has 1 saturated heterocycles. The fourth-order valence-corrected chi connectivity index (χ4v) is 3.67. The summed E-state index contributed by atoms with van der Waals surface area (Å²) in [6.07, 6.45) is 5.35. The number of nitrogens with zero attached hydrogens (tertiary/aromatic N) is 5. The fourth-order valence-electron chi connectivity index (χ4n) is 3.09. The zero-order valence-electron chi connectivity index (χ0n) is 14.2. The highest BCUT2D eigenvalue weighted by atomic mass is 32.2. The Hall–Kier alpha value is -1.89. The van der Waals surface area contributed by atoms with Gasteiger partial charge in [0, 0.05) is 31.7 Å². The van der Waals surface area contributed by atoms with Gasteiger partial charge >= 0.3 is 0 Å². The third kappa shape index (κ3) is 3.61. The van der Waals surface area contributed by atoms with Crippen molar-refractivity contribution in [2.24, 2.45) is 0 Å². The van der Waals surface area contributed by atoms with Crippen molar-refractivity contribution in [2.45, 2.75) is 44.2 Å². The van der Waals surface area contributed by atoms with Crippen LogP contribution in [0.5, 0.6) is 0 Å². The molecule has 128 valence electrons. The molecule has 1 aliphatic heterocycles. The molecule has 1 fully saturated rings. The van der Waals surface area contributed by atoms with E-state index in [-0.39, 0.29) is 5.91 Å². The van der Waals surface area contributed by atoms with E-state index in [1.165, 1.54) is 0 Å². The number of amides is 1. The third-order valence-electron chi connectivity index (χ3n) is 4.41. The van der Waals surface area contributed by atoms with E-state index >= 15 is 0 Å². The highest BCUT2D eigenvalue weighted by Crippen LogP contribution is 2.27. The molecule has 0 radical (unpaired) electrons. The molecule has 2 aromatic heterocycles. The highest BCUT2D eigenvalue weighted by Gasteiger charge is 2.27. The van der Waals surface area contributed by atoms with Gasteiger partial charge < -0.3 is 9.47 Å². The fraction of sp³-hybridized carbons (Fsp3) is 0.529. The molecule has 0 N–H and O–H groups in total. The Balaban J connectivity index is 1.60. The predicted octanol–water partition coefficient (Wildman–Crippen LogP) is 2.82. The van der Waals surface area contributed by atoms with Crippen molar-refractivity contribution in [1.29, 1.82) is 0 Å². The Morgan fingerprint density at radius 1 is 1.29 bits per heavy atom. The molecular formula is C17H23N5OS. The number of thioether (sulfide) groups is 1. The summed E-state index contributed by atoms with van der Waals surface area (Å²) in [6, 6.07) is 3.81. The second-order valence-electron chi connectivity index (χ2n) is 5.86. The Labute approximate surface area is 146 Å². The number of carbonyl (C=O) groups excluding carboxylic acids is 1. The van der Waals surface area contributed by atoms with Crippen LogP contribution in [0.15, 0.2) is 29.7 Å². The van der Waals surface area contributed by atoms with Crippen LogP contribution in [0, 0.1) is 0 Å². The standard InChI is InChI=1S/C17H23N5OS/c1-3-21-12-19-20-16(21)13-7-9-22(10-8-13)17(23)14-5-6-15(18-11-14)24-4-2/h5-6,11-13H,3-4,7-10H2,1-2H3. The van der Waals surface area contributed by atoms with E-state index in [0.717, 1.165) is 49.1 Å². The van der Waals surface area contributed by atoms with Crippen LogP contribution in [-0.4, -0.2) is 49.4 Å². The smallest absolute Gasteiger partial charge is 0.255 e. The first kappa shape index (κ1) is 17.0. The lowest BCUT2D eigenvalue weighted by atomic mass is 9.95. The van der Waals surface area contributed by atoms with Crippen LogP contribution in [0.4, 0.5) is 0 Å². The Morgan fingerprint density at radius 3 is 2.71 bits per heavy atom. The monoisotopic (exact) mass is 345 g/mol. The summed E-state index contributed by atoms with van der Waals surface area (Å²) in [4.78, 5) is 18.9. The maximum atomic E-state index is 12.6. The van der Waals surface area contributed by atoms with Crippen LogP contribution in [0.3, 0.4) is 0 Å². The number of likely N-dealkylation sites (tertiary alicyclic amines) is 1. The van der Waals surface area contributed by atoms with Crippen molar-refractivity contribution in [2.75, 3.05) is 18.8 Å². The SMILES string of the molecule is CCSc1ccc(C(=O)N2CCC(c3nncn3CC)CC2)cn1. The Kier molecular flexibility index (Phi) is 5.50. The second-order valence-corrected chi connectivity index (χ2v) is 7.14. The summed E-state index contributed by atoms with van der Waals surface area (Å²) in [5.41, 5.74) is 0.672. The van der Waals surface area contributed by atoms with Gasteiger partial charge in [-0.3, -0.25) is 4.79 Å². The van der Waals surface area contributed by atoms with Crippen molar-refractivity contribution in [3.63, 3.8) is 0 Å². The van der Waals surface area contributed by atoms with Crippen molar-refractivity contribution in [3.05, 3.63) is 36.0 Å². The average Bonchev–Trinajstić information content (AvgIpc) is 3.11. The van der Waals surface area contributed by atoms with E-state index in [1.807, 2.05) is 17.0 Å². The minimum absolute atomic E-state index is 0.0750. The summed E-state index contributed by atoms with van der Waals surface area (Å²) in [5, 5.41) is 9.24. The van der Waals surface area contributed by atoms with Crippen molar-refractivity contribution in [1.82, 2.24) is 24.6 Å². The van der Waals surface area contributed by atoms with Crippen molar-refractivity contribution >= 4 is 17.7 Å². The van der Waals surface area contributed by atoms with Crippen LogP contribution in [0.1, 0.15) is 48.8 Å². The molecule has 0 bridgehead atoms. The van der Waals surface area contributed by atoms with Gasteiger partial charge in [0.25, 0.3) is 5.91 Å². The van der Waals surface area contributed by atoms with Crippen LogP contribution in [0.25, 0.3) is 0 Å². The van der Waals surface area contributed by atoms with Crippen molar-refractivity contribution in [3.8, 4) is 0 Å². The summed E-state index contributed by atoms with van der Waals surface area (Å²) in [7, 11) is 0. The van der Waals surface area contributed by atoms with Gasteiger partial charge in [0.05, 0.1) is 10.6 Å². The molecule has 24 heavy (non-hydrogen) atoms. The second kappa shape index (κ2) is 7.79. The van der Waals surface area contributed by atoms with Crippen LogP contribution in [-0.2, 0) is 6.54 Å².